The molecule has 3 N–H and O–H groups in total. The van der Waals surface area contributed by atoms with Gasteiger partial charge in [-0.05, 0) is 18.2 Å². The molecule has 10 heteroatoms. The first-order chi connectivity index (χ1) is 9.88. The van der Waals surface area contributed by atoms with Gasteiger partial charge in [-0.1, -0.05) is 0 Å². The van der Waals surface area contributed by atoms with Crippen LogP contribution in [-0.2, 0) is 16.6 Å². The van der Waals surface area contributed by atoms with E-state index in [1.165, 1.54) is 12.1 Å². The molecule has 0 bridgehead atoms. The highest BCUT2D eigenvalue weighted by molar-refractivity contribution is 7.89. The third-order valence-electron chi connectivity index (χ3n) is 2.71. The van der Waals surface area contributed by atoms with Crippen LogP contribution in [0.1, 0.15) is 0 Å². The Hall–Kier alpha value is -2.46. The fraction of sp³-hybridized carbons (Fsp3) is 0.182. The third-order valence-corrected chi connectivity index (χ3v) is 3.62. The van der Waals surface area contributed by atoms with Gasteiger partial charge in [0.05, 0.1) is 16.4 Å². The molecule has 0 spiro atoms. The number of anilines is 1. The summed E-state index contributed by atoms with van der Waals surface area (Å²) in [5.41, 5.74) is -0.124. The Morgan fingerprint density at radius 3 is 2.76 bits per heavy atom. The van der Waals surface area contributed by atoms with Gasteiger partial charge < -0.3 is 5.32 Å². The van der Waals surface area contributed by atoms with E-state index in [4.69, 9.17) is 5.14 Å². The molecule has 1 aromatic heterocycles. The molecule has 1 aromatic carbocycles. The van der Waals surface area contributed by atoms with E-state index in [0.29, 0.717) is 13.1 Å². The lowest BCUT2D eigenvalue weighted by Crippen LogP contribution is -2.14. The van der Waals surface area contributed by atoms with Crippen molar-refractivity contribution < 1.29 is 13.3 Å². The Bertz CT molecular complexity index is 742. The first kappa shape index (κ1) is 14.9. The summed E-state index contributed by atoms with van der Waals surface area (Å²) in [5.74, 6) is 0. The number of hydrogen-bond acceptors (Lipinski definition) is 6. The Kier molecular flexibility index (Phi) is 4.19. The lowest BCUT2D eigenvalue weighted by molar-refractivity contribution is -0.384. The van der Waals surface area contributed by atoms with Crippen LogP contribution in [0.15, 0.2) is 41.6 Å². The van der Waals surface area contributed by atoms with E-state index in [1.54, 1.807) is 23.1 Å². The second kappa shape index (κ2) is 5.89. The largest absolute Gasteiger partial charge is 0.378 e. The summed E-state index contributed by atoms with van der Waals surface area (Å²) in [4.78, 5) is 10.0. The maximum absolute atomic E-state index is 11.2. The minimum Gasteiger partial charge on any atom is -0.378 e. The lowest BCUT2D eigenvalue weighted by Gasteiger charge is -2.08. The molecule has 0 aliphatic heterocycles. The van der Waals surface area contributed by atoms with E-state index in [2.05, 4.69) is 10.4 Å². The van der Waals surface area contributed by atoms with E-state index >= 15 is 0 Å². The fourth-order valence-electron chi connectivity index (χ4n) is 1.73. The van der Waals surface area contributed by atoms with Gasteiger partial charge in [0, 0.05) is 25.0 Å². The molecular formula is C11H13N5O4S. The van der Waals surface area contributed by atoms with Crippen LogP contribution in [0.3, 0.4) is 0 Å². The van der Waals surface area contributed by atoms with Crippen molar-refractivity contribution in [1.29, 1.82) is 0 Å². The quantitative estimate of drug-likeness (QED) is 0.591. The van der Waals surface area contributed by atoms with Gasteiger partial charge in [0.25, 0.3) is 5.69 Å². The number of aromatic nitrogens is 2. The summed E-state index contributed by atoms with van der Waals surface area (Å²) in [5, 5.41) is 22.8. The molecule has 0 radical (unpaired) electrons. The van der Waals surface area contributed by atoms with Crippen molar-refractivity contribution >= 4 is 21.4 Å². The number of nitro groups is 1. The van der Waals surface area contributed by atoms with Crippen LogP contribution in [0.25, 0.3) is 0 Å². The predicted molar refractivity (Wildman–Crippen MR) is 75.2 cm³/mol. The number of nitrogens with one attached hydrogen (secondary N) is 1. The number of sulfonamides is 1. The second-order valence-electron chi connectivity index (χ2n) is 4.18. The van der Waals surface area contributed by atoms with Crippen LogP contribution >= 0.6 is 0 Å². The van der Waals surface area contributed by atoms with Gasteiger partial charge in [0.15, 0.2) is 0 Å². The molecule has 112 valence electrons. The molecule has 0 atom stereocenters. The zero-order valence-corrected chi connectivity index (χ0v) is 11.7. The topological polar surface area (TPSA) is 133 Å². The number of hydrogen-bond donors (Lipinski definition) is 2. The Balaban J connectivity index is 2.17. The van der Waals surface area contributed by atoms with E-state index < -0.39 is 14.9 Å². The van der Waals surface area contributed by atoms with Crippen molar-refractivity contribution in [3.05, 3.63) is 46.8 Å². The number of primary sulfonamides is 1. The maximum Gasteiger partial charge on any atom is 0.293 e. The van der Waals surface area contributed by atoms with Gasteiger partial charge in [-0.3, -0.25) is 14.8 Å². The molecular weight excluding hydrogens is 298 g/mol. The molecule has 0 aliphatic carbocycles. The maximum atomic E-state index is 11.2. The van der Waals surface area contributed by atoms with Crippen LogP contribution in [0.2, 0.25) is 0 Å². The lowest BCUT2D eigenvalue weighted by atomic mass is 10.2. The average Bonchev–Trinajstić information content (AvgIpc) is 2.90. The zero-order valence-electron chi connectivity index (χ0n) is 10.8. The molecule has 1 heterocycles. The molecule has 2 aromatic rings. The number of nitro benzene ring substituents is 1. The number of nitrogens with zero attached hydrogens (tertiary/aromatic N) is 3. The van der Waals surface area contributed by atoms with Gasteiger partial charge in [-0.15, -0.1) is 0 Å². The Morgan fingerprint density at radius 1 is 1.43 bits per heavy atom. The average molecular weight is 311 g/mol. The van der Waals surface area contributed by atoms with Crippen LogP contribution in [-0.4, -0.2) is 29.7 Å². The first-order valence-corrected chi connectivity index (χ1v) is 7.45. The minimum atomic E-state index is -3.98. The fourth-order valence-corrected chi connectivity index (χ4v) is 2.26. The second-order valence-corrected chi connectivity index (χ2v) is 5.74. The summed E-state index contributed by atoms with van der Waals surface area (Å²) in [6, 6.07) is 5.24. The highest BCUT2D eigenvalue weighted by Gasteiger charge is 2.18. The Morgan fingerprint density at radius 2 is 2.19 bits per heavy atom. The highest BCUT2D eigenvalue weighted by atomic mass is 32.2. The van der Waals surface area contributed by atoms with Gasteiger partial charge in [-0.2, -0.15) is 5.10 Å². The van der Waals surface area contributed by atoms with Crippen molar-refractivity contribution in [2.24, 2.45) is 5.14 Å². The monoisotopic (exact) mass is 311 g/mol. The van der Waals surface area contributed by atoms with E-state index in [0.717, 1.165) is 6.07 Å². The summed E-state index contributed by atoms with van der Waals surface area (Å²) < 4.78 is 24.1. The van der Waals surface area contributed by atoms with Crippen molar-refractivity contribution in [3.8, 4) is 0 Å². The minimum absolute atomic E-state index is 0.222. The molecule has 2 rings (SSSR count). The van der Waals surface area contributed by atoms with Crippen molar-refractivity contribution in [2.75, 3.05) is 11.9 Å². The molecule has 0 aliphatic rings. The highest BCUT2D eigenvalue weighted by Crippen LogP contribution is 2.26. The van der Waals surface area contributed by atoms with E-state index in [1.807, 2.05) is 0 Å². The zero-order chi connectivity index (χ0) is 15.5. The number of rotatable bonds is 6. The standard InChI is InChI=1S/C11H13N5O4S/c12-21(19,20)9-2-3-10(11(8-9)16(17)18)13-5-7-15-6-1-4-14-15/h1-4,6,8,13H,5,7H2,(H2,12,19,20). The van der Waals surface area contributed by atoms with Crippen molar-refractivity contribution in [3.63, 3.8) is 0 Å². The SMILES string of the molecule is NS(=O)(=O)c1ccc(NCCn2cccn2)c([N+](=O)[O-])c1. The Labute approximate surface area is 120 Å². The van der Waals surface area contributed by atoms with E-state index in [-0.39, 0.29) is 16.3 Å². The van der Waals surface area contributed by atoms with Gasteiger partial charge >= 0.3 is 0 Å². The van der Waals surface area contributed by atoms with E-state index in [9.17, 15) is 18.5 Å². The van der Waals surface area contributed by atoms with Crippen molar-refractivity contribution in [1.82, 2.24) is 9.78 Å². The molecule has 9 nitrogen and oxygen atoms in total. The molecule has 0 saturated carbocycles. The van der Waals surface area contributed by atoms with Crippen LogP contribution in [0.5, 0.6) is 0 Å². The normalized spacial score (nSPS) is 11.3. The van der Waals surface area contributed by atoms with Crippen LogP contribution in [0, 0.1) is 10.1 Å². The number of nitrogens with two attached hydrogens (primary N) is 1. The summed E-state index contributed by atoms with van der Waals surface area (Å²) >= 11 is 0. The molecule has 0 amide bonds. The summed E-state index contributed by atoms with van der Waals surface area (Å²) in [7, 11) is -3.98. The van der Waals surface area contributed by atoms with Gasteiger partial charge in [-0.25, -0.2) is 13.6 Å². The van der Waals surface area contributed by atoms with Gasteiger partial charge in [0.1, 0.15) is 5.69 Å². The number of benzene rings is 1. The van der Waals surface area contributed by atoms with Crippen LogP contribution < -0.4 is 10.5 Å². The molecule has 0 fully saturated rings. The molecule has 0 unspecified atom stereocenters. The first-order valence-electron chi connectivity index (χ1n) is 5.90. The van der Waals surface area contributed by atoms with Gasteiger partial charge in [0.2, 0.25) is 10.0 Å². The summed E-state index contributed by atoms with van der Waals surface area (Å²) in [6.07, 6.45) is 3.39. The molecule has 0 saturated heterocycles. The smallest absolute Gasteiger partial charge is 0.293 e. The molecule has 21 heavy (non-hydrogen) atoms. The summed E-state index contributed by atoms with van der Waals surface area (Å²) in [6.45, 7) is 0.915. The van der Waals surface area contributed by atoms with Crippen LogP contribution in [0.4, 0.5) is 11.4 Å². The predicted octanol–water partition coefficient (Wildman–Crippen LogP) is 0.551. The van der Waals surface area contributed by atoms with Crippen molar-refractivity contribution in [2.45, 2.75) is 11.4 Å². The third kappa shape index (κ3) is 3.77.